The molecule has 20 heavy (non-hydrogen) atoms. The topological polar surface area (TPSA) is 75.6 Å². The highest BCUT2D eigenvalue weighted by molar-refractivity contribution is 5.94. The molecule has 0 aliphatic carbocycles. The number of phenols is 1. The van der Waals surface area contributed by atoms with Crippen LogP contribution in [0.3, 0.4) is 0 Å². The number of nitrogens with one attached hydrogen (secondary N) is 1. The van der Waals surface area contributed by atoms with Gasteiger partial charge in [-0.3, -0.25) is 4.79 Å². The number of aromatic hydroxyl groups is 1. The average Bonchev–Trinajstić information content (AvgIpc) is 2.44. The summed E-state index contributed by atoms with van der Waals surface area (Å²) in [5.41, 5.74) is 0.900. The minimum atomic E-state index is -0.703. The van der Waals surface area contributed by atoms with E-state index < -0.39 is 5.97 Å². The number of hydrogen-bond acceptors (Lipinski definition) is 4. The lowest BCUT2D eigenvalue weighted by Gasteiger charge is -2.14. The molecule has 1 aromatic rings. The molecule has 0 fully saturated rings. The predicted octanol–water partition coefficient (Wildman–Crippen LogP) is 2.16. The molecular formula is C15H21NO4. The van der Waals surface area contributed by atoms with Crippen LogP contribution in [0.25, 0.3) is 0 Å². The molecule has 110 valence electrons. The maximum absolute atomic E-state index is 11.8. The van der Waals surface area contributed by atoms with Gasteiger partial charge in [0, 0.05) is 6.04 Å². The maximum atomic E-state index is 11.8. The van der Waals surface area contributed by atoms with Crippen LogP contribution in [0.2, 0.25) is 0 Å². The molecule has 5 heteroatoms. The van der Waals surface area contributed by atoms with E-state index in [1.165, 1.54) is 12.1 Å². The Morgan fingerprint density at radius 3 is 2.55 bits per heavy atom. The van der Waals surface area contributed by atoms with Crippen molar-refractivity contribution in [3.8, 4) is 5.75 Å². The monoisotopic (exact) mass is 279 g/mol. The molecule has 0 saturated heterocycles. The van der Waals surface area contributed by atoms with Gasteiger partial charge in [0.15, 0.2) is 6.61 Å². The van der Waals surface area contributed by atoms with Gasteiger partial charge in [0.1, 0.15) is 11.3 Å². The third kappa shape index (κ3) is 4.57. The Morgan fingerprint density at radius 2 is 1.95 bits per heavy atom. The molecule has 0 unspecified atom stereocenters. The van der Waals surface area contributed by atoms with Crippen LogP contribution < -0.4 is 5.32 Å². The lowest BCUT2D eigenvalue weighted by Crippen LogP contribution is -2.36. The Balaban J connectivity index is 2.55. The molecule has 0 bridgehead atoms. The lowest BCUT2D eigenvalue weighted by molar-refractivity contribution is -0.125. The minimum absolute atomic E-state index is 0.0698. The second-order valence-corrected chi connectivity index (χ2v) is 4.68. The lowest BCUT2D eigenvalue weighted by atomic mass is 10.1. The first-order chi connectivity index (χ1) is 9.47. The second kappa shape index (κ2) is 7.53. The van der Waals surface area contributed by atoms with Gasteiger partial charge in [0.25, 0.3) is 5.91 Å². The summed E-state index contributed by atoms with van der Waals surface area (Å²) in [6, 6.07) is 4.73. The zero-order chi connectivity index (χ0) is 15.1. The molecular weight excluding hydrogens is 258 g/mol. The number of carbonyl (C=O) groups excluding carboxylic acids is 2. The third-order valence-electron chi connectivity index (χ3n) is 3.06. The summed E-state index contributed by atoms with van der Waals surface area (Å²) in [5.74, 6) is -1.19. The number of esters is 1. The van der Waals surface area contributed by atoms with Crippen molar-refractivity contribution in [3.63, 3.8) is 0 Å². The average molecular weight is 279 g/mol. The number of phenolic OH excluding ortho intramolecular Hbond substituents is 1. The molecule has 0 atom stereocenters. The van der Waals surface area contributed by atoms with Crippen LogP contribution in [0.4, 0.5) is 0 Å². The van der Waals surface area contributed by atoms with E-state index in [4.69, 9.17) is 4.74 Å². The zero-order valence-corrected chi connectivity index (χ0v) is 12.1. The summed E-state index contributed by atoms with van der Waals surface area (Å²) in [6.45, 7) is 5.41. The van der Waals surface area contributed by atoms with Crippen molar-refractivity contribution in [1.29, 1.82) is 0 Å². The van der Waals surface area contributed by atoms with Gasteiger partial charge in [-0.25, -0.2) is 4.79 Å². The minimum Gasteiger partial charge on any atom is -0.507 e. The van der Waals surface area contributed by atoms with Crippen LogP contribution in [0.5, 0.6) is 5.75 Å². The normalized spacial score (nSPS) is 10.4. The van der Waals surface area contributed by atoms with Crippen LogP contribution in [0, 0.1) is 6.92 Å². The van der Waals surface area contributed by atoms with Gasteiger partial charge in [-0.15, -0.1) is 0 Å². The Hall–Kier alpha value is -2.04. The first-order valence-electron chi connectivity index (χ1n) is 6.74. The highest BCUT2D eigenvalue weighted by atomic mass is 16.5. The number of benzene rings is 1. The van der Waals surface area contributed by atoms with Crippen molar-refractivity contribution in [2.24, 2.45) is 0 Å². The van der Waals surface area contributed by atoms with E-state index in [-0.39, 0.29) is 29.9 Å². The highest BCUT2D eigenvalue weighted by Gasteiger charge is 2.15. The summed E-state index contributed by atoms with van der Waals surface area (Å²) in [5, 5.41) is 12.4. The molecule has 0 saturated carbocycles. The molecule has 1 rings (SSSR count). The first kappa shape index (κ1) is 16.0. The van der Waals surface area contributed by atoms with Crippen molar-refractivity contribution >= 4 is 11.9 Å². The van der Waals surface area contributed by atoms with Crippen molar-refractivity contribution in [2.45, 2.75) is 39.7 Å². The van der Waals surface area contributed by atoms with Gasteiger partial charge in [0.2, 0.25) is 0 Å². The molecule has 0 aliphatic heterocycles. The summed E-state index contributed by atoms with van der Waals surface area (Å²) < 4.78 is 4.90. The Kier molecular flexibility index (Phi) is 6.03. The van der Waals surface area contributed by atoms with Gasteiger partial charge in [-0.05, 0) is 31.9 Å². The largest absolute Gasteiger partial charge is 0.507 e. The molecule has 5 nitrogen and oxygen atoms in total. The third-order valence-corrected chi connectivity index (χ3v) is 3.06. The zero-order valence-electron chi connectivity index (χ0n) is 12.1. The maximum Gasteiger partial charge on any atom is 0.342 e. The van der Waals surface area contributed by atoms with E-state index >= 15 is 0 Å². The van der Waals surface area contributed by atoms with Gasteiger partial charge < -0.3 is 15.2 Å². The molecule has 0 radical (unpaired) electrons. The van der Waals surface area contributed by atoms with Gasteiger partial charge in [-0.2, -0.15) is 0 Å². The smallest absolute Gasteiger partial charge is 0.342 e. The van der Waals surface area contributed by atoms with E-state index in [9.17, 15) is 14.7 Å². The van der Waals surface area contributed by atoms with Crippen LogP contribution in [-0.4, -0.2) is 29.6 Å². The Morgan fingerprint density at radius 1 is 1.30 bits per heavy atom. The number of rotatable bonds is 6. The van der Waals surface area contributed by atoms with Crippen molar-refractivity contribution < 1.29 is 19.4 Å². The van der Waals surface area contributed by atoms with Crippen LogP contribution >= 0.6 is 0 Å². The molecule has 1 aromatic carbocycles. The van der Waals surface area contributed by atoms with Crippen molar-refractivity contribution in [3.05, 3.63) is 29.3 Å². The summed E-state index contributed by atoms with van der Waals surface area (Å²) in [4.78, 5) is 23.4. The molecule has 1 amide bonds. The highest BCUT2D eigenvalue weighted by Crippen LogP contribution is 2.18. The molecule has 2 N–H and O–H groups in total. The van der Waals surface area contributed by atoms with Gasteiger partial charge >= 0.3 is 5.97 Å². The van der Waals surface area contributed by atoms with Gasteiger partial charge in [-0.1, -0.05) is 25.5 Å². The van der Waals surface area contributed by atoms with E-state index in [0.29, 0.717) is 0 Å². The number of aryl methyl sites for hydroxylation is 1. The van der Waals surface area contributed by atoms with Crippen molar-refractivity contribution in [2.75, 3.05) is 6.61 Å². The van der Waals surface area contributed by atoms with E-state index in [2.05, 4.69) is 5.32 Å². The fraction of sp³-hybridized carbons (Fsp3) is 0.467. The predicted molar refractivity (Wildman–Crippen MR) is 75.6 cm³/mol. The number of hydrogen-bond donors (Lipinski definition) is 2. The van der Waals surface area contributed by atoms with Crippen LogP contribution in [0.1, 0.15) is 42.6 Å². The quantitative estimate of drug-likeness (QED) is 0.782. The van der Waals surface area contributed by atoms with Crippen LogP contribution in [0.15, 0.2) is 18.2 Å². The van der Waals surface area contributed by atoms with E-state index in [0.717, 1.165) is 18.4 Å². The Bertz CT molecular complexity index is 481. The number of ether oxygens (including phenoxy) is 1. The summed E-state index contributed by atoms with van der Waals surface area (Å²) in [6.07, 6.45) is 1.66. The van der Waals surface area contributed by atoms with E-state index in [1.54, 1.807) is 13.0 Å². The fourth-order valence-corrected chi connectivity index (χ4v) is 1.78. The Labute approximate surface area is 118 Å². The number of carbonyl (C=O) groups is 2. The van der Waals surface area contributed by atoms with Gasteiger partial charge in [0.05, 0.1) is 0 Å². The SMILES string of the molecule is CCC(CC)NC(=O)COC(=O)c1cc(C)ccc1O. The molecule has 0 spiro atoms. The summed E-state index contributed by atoms with van der Waals surface area (Å²) >= 11 is 0. The van der Waals surface area contributed by atoms with Crippen molar-refractivity contribution in [1.82, 2.24) is 5.32 Å². The van der Waals surface area contributed by atoms with Crippen LogP contribution in [-0.2, 0) is 9.53 Å². The summed E-state index contributed by atoms with van der Waals surface area (Å²) in [7, 11) is 0. The van der Waals surface area contributed by atoms with E-state index in [1.807, 2.05) is 13.8 Å². The molecule has 0 heterocycles. The fourth-order valence-electron chi connectivity index (χ4n) is 1.78. The first-order valence-corrected chi connectivity index (χ1v) is 6.74. The molecule has 0 aromatic heterocycles. The standard InChI is InChI=1S/C15H21NO4/c1-4-11(5-2)16-14(18)9-20-15(19)12-8-10(3)6-7-13(12)17/h6-8,11,17H,4-5,9H2,1-3H3,(H,16,18). The molecule has 0 aliphatic rings. The number of amides is 1. The second-order valence-electron chi connectivity index (χ2n) is 4.68.